The number of nitrogens with two attached hydrogens (primary N) is 1. The Hall–Kier alpha value is -3.71. The van der Waals surface area contributed by atoms with Crippen molar-refractivity contribution in [3.63, 3.8) is 0 Å². The second kappa shape index (κ2) is 10.5. The monoisotopic (exact) mass is 448 g/mol. The van der Waals surface area contributed by atoms with Gasteiger partial charge >= 0.3 is 0 Å². The Bertz CT molecular complexity index is 1380. The molecule has 3 heterocycles. The Morgan fingerprint density at radius 2 is 1.78 bits per heavy atom. The number of H-pyrrole nitrogens is 1. The summed E-state index contributed by atoms with van der Waals surface area (Å²) in [5, 5.41) is 1.97. The van der Waals surface area contributed by atoms with E-state index in [1.807, 2.05) is 69.3 Å². The zero-order chi connectivity index (χ0) is 23.1. The van der Waals surface area contributed by atoms with E-state index in [0.29, 0.717) is 27.4 Å². The van der Waals surface area contributed by atoms with E-state index in [0.717, 1.165) is 23.2 Å². The van der Waals surface area contributed by atoms with Crippen LogP contribution in [0.3, 0.4) is 0 Å². The SMILES string of the molecule is CC.CCc1cc2cccc(Cl)c2c(=O)n1-c1ccccc1.Nc1ncnc2nc[nH]c12. The minimum Gasteiger partial charge on any atom is -0.382 e. The lowest BCUT2D eigenvalue weighted by Crippen LogP contribution is -2.22. The van der Waals surface area contributed by atoms with Crippen LogP contribution in [0, 0.1) is 0 Å². The predicted octanol–water partition coefficient (Wildman–Crippen LogP) is 5.17. The first-order valence-electron chi connectivity index (χ1n) is 10.4. The van der Waals surface area contributed by atoms with Crippen LogP contribution in [0.25, 0.3) is 27.6 Å². The first kappa shape index (κ1) is 23.0. The molecule has 164 valence electrons. The average molecular weight is 449 g/mol. The van der Waals surface area contributed by atoms with E-state index in [1.165, 1.54) is 12.7 Å². The molecule has 0 bridgehead atoms. The molecular formula is C24H25ClN6O. The topological polar surface area (TPSA) is 102 Å². The first-order chi connectivity index (χ1) is 15.6. The summed E-state index contributed by atoms with van der Waals surface area (Å²) in [6, 6.07) is 17.3. The molecule has 5 rings (SSSR count). The van der Waals surface area contributed by atoms with Crippen LogP contribution < -0.4 is 11.3 Å². The molecule has 0 atom stereocenters. The van der Waals surface area contributed by atoms with Gasteiger partial charge in [0.15, 0.2) is 11.5 Å². The molecule has 0 aliphatic rings. The highest BCUT2D eigenvalue weighted by molar-refractivity contribution is 6.35. The number of fused-ring (bicyclic) bond motifs is 2. The van der Waals surface area contributed by atoms with Gasteiger partial charge in [-0.15, -0.1) is 0 Å². The molecule has 3 aromatic heterocycles. The van der Waals surface area contributed by atoms with Gasteiger partial charge in [-0.1, -0.05) is 62.7 Å². The Balaban J connectivity index is 0.000000201. The minimum absolute atomic E-state index is 0.0591. The zero-order valence-corrected chi connectivity index (χ0v) is 19.0. The molecule has 0 amide bonds. The molecule has 0 spiro atoms. The lowest BCUT2D eigenvalue weighted by Gasteiger charge is -2.14. The van der Waals surface area contributed by atoms with Gasteiger partial charge < -0.3 is 10.7 Å². The number of nitrogens with zero attached hydrogens (tertiary/aromatic N) is 4. The van der Waals surface area contributed by atoms with Gasteiger partial charge in [0.25, 0.3) is 5.56 Å². The van der Waals surface area contributed by atoms with E-state index in [-0.39, 0.29) is 5.56 Å². The van der Waals surface area contributed by atoms with Gasteiger partial charge in [0.2, 0.25) is 0 Å². The van der Waals surface area contributed by atoms with Gasteiger partial charge in [-0.2, -0.15) is 0 Å². The van der Waals surface area contributed by atoms with Crippen molar-refractivity contribution in [3.8, 4) is 5.69 Å². The van der Waals surface area contributed by atoms with Gasteiger partial charge in [-0.05, 0) is 36.1 Å². The summed E-state index contributed by atoms with van der Waals surface area (Å²) in [7, 11) is 0. The van der Waals surface area contributed by atoms with Crippen molar-refractivity contribution in [2.75, 3.05) is 5.73 Å². The number of anilines is 1. The summed E-state index contributed by atoms with van der Waals surface area (Å²) >= 11 is 6.20. The number of aromatic nitrogens is 5. The third kappa shape index (κ3) is 4.63. The lowest BCUT2D eigenvalue weighted by atomic mass is 10.1. The number of halogens is 1. The molecule has 0 saturated carbocycles. The summed E-state index contributed by atoms with van der Waals surface area (Å²) in [6.07, 6.45) is 3.71. The lowest BCUT2D eigenvalue weighted by molar-refractivity contribution is 0.889. The normalized spacial score (nSPS) is 10.2. The zero-order valence-electron chi connectivity index (χ0n) is 18.2. The highest BCUT2D eigenvalue weighted by Gasteiger charge is 2.11. The van der Waals surface area contributed by atoms with Crippen molar-refractivity contribution in [1.82, 2.24) is 24.5 Å². The Morgan fingerprint density at radius 3 is 2.47 bits per heavy atom. The largest absolute Gasteiger partial charge is 0.382 e. The molecule has 3 N–H and O–H groups in total. The summed E-state index contributed by atoms with van der Waals surface area (Å²) in [6.45, 7) is 6.05. The van der Waals surface area contributed by atoms with Crippen molar-refractivity contribution in [3.05, 3.63) is 88.3 Å². The molecule has 8 heteroatoms. The number of hydrogen-bond acceptors (Lipinski definition) is 5. The van der Waals surface area contributed by atoms with Crippen molar-refractivity contribution in [1.29, 1.82) is 0 Å². The van der Waals surface area contributed by atoms with Crippen molar-refractivity contribution >= 4 is 39.4 Å². The molecule has 7 nitrogen and oxygen atoms in total. The number of rotatable bonds is 2. The molecule has 32 heavy (non-hydrogen) atoms. The third-order valence-electron chi connectivity index (χ3n) is 4.70. The summed E-state index contributed by atoms with van der Waals surface area (Å²) in [5.41, 5.74) is 8.57. The smallest absolute Gasteiger partial charge is 0.264 e. The Kier molecular flexibility index (Phi) is 7.57. The number of benzene rings is 2. The van der Waals surface area contributed by atoms with Crippen LogP contribution in [0.1, 0.15) is 26.5 Å². The summed E-state index contributed by atoms with van der Waals surface area (Å²) < 4.78 is 1.74. The molecule has 0 radical (unpaired) electrons. The maximum Gasteiger partial charge on any atom is 0.264 e. The van der Waals surface area contributed by atoms with Crippen LogP contribution in [-0.4, -0.2) is 24.5 Å². The summed E-state index contributed by atoms with van der Waals surface area (Å²) in [5.74, 6) is 0.433. The number of nitrogens with one attached hydrogen (secondary N) is 1. The number of hydrogen-bond donors (Lipinski definition) is 2. The average Bonchev–Trinajstić information content (AvgIpc) is 3.31. The first-order valence-corrected chi connectivity index (χ1v) is 10.8. The second-order valence-electron chi connectivity index (χ2n) is 6.53. The van der Waals surface area contributed by atoms with E-state index in [4.69, 9.17) is 17.3 Å². The van der Waals surface area contributed by atoms with E-state index in [2.05, 4.69) is 19.9 Å². The fourth-order valence-electron chi connectivity index (χ4n) is 3.28. The quantitative estimate of drug-likeness (QED) is 0.388. The van der Waals surface area contributed by atoms with Crippen molar-refractivity contribution in [2.45, 2.75) is 27.2 Å². The predicted molar refractivity (Wildman–Crippen MR) is 131 cm³/mol. The van der Waals surface area contributed by atoms with Crippen LogP contribution in [0.4, 0.5) is 5.82 Å². The highest BCUT2D eigenvalue weighted by Crippen LogP contribution is 2.22. The molecular weight excluding hydrogens is 424 g/mol. The van der Waals surface area contributed by atoms with E-state index in [1.54, 1.807) is 10.6 Å². The van der Waals surface area contributed by atoms with Gasteiger partial charge in [-0.25, -0.2) is 15.0 Å². The second-order valence-corrected chi connectivity index (χ2v) is 6.94. The van der Waals surface area contributed by atoms with Crippen LogP contribution in [0.2, 0.25) is 5.02 Å². The van der Waals surface area contributed by atoms with Crippen LogP contribution in [-0.2, 0) is 6.42 Å². The number of pyridine rings is 1. The van der Waals surface area contributed by atoms with Gasteiger partial charge in [-0.3, -0.25) is 9.36 Å². The number of aromatic amines is 1. The molecule has 0 aliphatic carbocycles. The van der Waals surface area contributed by atoms with Crippen LogP contribution >= 0.6 is 11.6 Å². The molecule has 0 saturated heterocycles. The number of imidazole rings is 1. The molecule has 2 aromatic carbocycles. The van der Waals surface area contributed by atoms with Crippen molar-refractivity contribution < 1.29 is 0 Å². The molecule has 0 aliphatic heterocycles. The molecule has 5 aromatic rings. The standard InChI is InChI=1S/C17H14ClNO.C5H5N5.C2H6/c1-2-13-11-12-7-6-10-15(18)16(12)17(20)19(13)14-8-4-3-5-9-14;6-4-3-5(9-1-7-3)10-2-8-4;1-2/h3-11H,2H2,1H3;1-2H,(H3,6,7,8,9,10);1-2H3. The van der Waals surface area contributed by atoms with E-state index < -0.39 is 0 Å². The fraction of sp³-hybridized carbons (Fsp3) is 0.167. The maximum atomic E-state index is 12.8. The fourth-order valence-corrected chi connectivity index (χ4v) is 3.54. The van der Waals surface area contributed by atoms with Crippen LogP contribution in [0.5, 0.6) is 0 Å². The molecule has 0 fully saturated rings. The van der Waals surface area contributed by atoms with Gasteiger partial charge in [0, 0.05) is 11.4 Å². The van der Waals surface area contributed by atoms with Crippen molar-refractivity contribution in [2.24, 2.45) is 0 Å². The molecule has 0 unspecified atom stereocenters. The number of nitrogen functional groups attached to an aromatic ring is 1. The van der Waals surface area contributed by atoms with Gasteiger partial charge in [0.05, 0.1) is 16.7 Å². The maximum absolute atomic E-state index is 12.8. The van der Waals surface area contributed by atoms with Crippen LogP contribution in [0.15, 0.2) is 72.0 Å². The summed E-state index contributed by atoms with van der Waals surface area (Å²) in [4.78, 5) is 27.2. The Morgan fingerprint density at radius 1 is 1.03 bits per heavy atom. The number of para-hydroxylation sites is 1. The van der Waals surface area contributed by atoms with Gasteiger partial charge in [0.1, 0.15) is 11.8 Å². The number of aryl methyl sites for hydroxylation is 1. The highest BCUT2D eigenvalue weighted by atomic mass is 35.5. The Labute approximate surface area is 190 Å². The third-order valence-corrected chi connectivity index (χ3v) is 5.02. The van der Waals surface area contributed by atoms with E-state index >= 15 is 0 Å². The minimum atomic E-state index is -0.0591. The van der Waals surface area contributed by atoms with E-state index in [9.17, 15) is 4.79 Å².